The molecule has 1 heterocycles. The van der Waals surface area contributed by atoms with Crippen LogP contribution < -0.4 is 5.73 Å². The van der Waals surface area contributed by atoms with Crippen molar-refractivity contribution in [3.8, 4) is 0 Å². The molecular formula is C15H20N2O3. The molecule has 1 aromatic rings. The van der Waals surface area contributed by atoms with Crippen molar-refractivity contribution in [2.24, 2.45) is 5.73 Å². The average Bonchev–Trinajstić information content (AvgIpc) is 2.37. The van der Waals surface area contributed by atoms with Crippen molar-refractivity contribution in [1.82, 2.24) is 4.90 Å². The number of nitrogens with two attached hydrogens (primary N) is 1. The number of carbonyl (C=O) groups excluding carboxylic acids is 2. The van der Waals surface area contributed by atoms with Gasteiger partial charge < -0.3 is 15.4 Å². The van der Waals surface area contributed by atoms with Gasteiger partial charge >= 0.3 is 0 Å². The van der Waals surface area contributed by atoms with Crippen molar-refractivity contribution in [1.29, 1.82) is 0 Å². The first-order valence-corrected chi connectivity index (χ1v) is 6.69. The molecule has 5 heteroatoms. The van der Waals surface area contributed by atoms with Gasteiger partial charge in [0.15, 0.2) is 6.10 Å². The van der Waals surface area contributed by atoms with Crippen molar-refractivity contribution in [3.63, 3.8) is 0 Å². The number of ether oxygens (including phenoxy) is 1. The molecule has 2 rings (SSSR count). The number of nitrogens with zero attached hydrogens (tertiary/aromatic N) is 1. The molecule has 0 aliphatic carbocycles. The Morgan fingerprint density at radius 3 is 2.60 bits per heavy atom. The van der Waals surface area contributed by atoms with E-state index in [4.69, 9.17) is 10.5 Å². The minimum absolute atomic E-state index is 0.0797. The molecule has 0 spiro atoms. The number of hydrogen-bond acceptors (Lipinski definition) is 3. The number of amides is 2. The topological polar surface area (TPSA) is 72.6 Å². The van der Waals surface area contributed by atoms with Crippen molar-refractivity contribution in [3.05, 3.63) is 34.9 Å². The molecule has 0 saturated carbocycles. The SMILES string of the molecule is Cc1ccc(C(=O)N2C[C@@H](C)O[C@@H](C(N)=O)C2)c(C)c1. The maximum atomic E-state index is 12.6. The third-order valence-electron chi connectivity index (χ3n) is 3.48. The Labute approximate surface area is 118 Å². The standard InChI is InChI=1S/C15H20N2O3/c1-9-4-5-12(10(2)6-9)15(19)17-7-11(3)20-13(8-17)14(16)18/h4-6,11,13H,7-8H2,1-3H3,(H2,16,18)/t11-,13-/m1/s1. The van der Waals surface area contributed by atoms with Crippen LogP contribution in [0.2, 0.25) is 0 Å². The van der Waals surface area contributed by atoms with Gasteiger partial charge in [0.2, 0.25) is 5.91 Å². The Morgan fingerprint density at radius 1 is 1.30 bits per heavy atom. The Bertz CT molecular complexity index is 542. The molecule has 1 fully saturated rings. The van der Waals surface area contributed by atoms with E-state index in [9.17, 15) is 9.59 Å². The van der Waals surface area contributed by atoms with Crippen LogP contribution >= 0.6 is 0 Å². The fourth-order valence-corrected chi connectivity index (χ4v) is 2.50. The van der Waals surface area contributed by atoms with E-state index < -0.39 is 12.0 Å². The summed E-state index contributed by atoms with van der Waals surface area (Å²) >= 11 is 0. The van der Waals surface area contributed by atoms with Crippen LogP contribution in [0.3, 0.4) is 0 Å². The first-order valence-electron chi connectivity index (χ1n) is 6.69. The lowest BCUT2D eigenvalue weighted by Crippen LogP contribution is -2.53. The highest BCUT2D eigenvalue weighted by Gasteiger charge is 2.32. The minimum atomic E-state index is -0.728. The quantitative estimate of drug-likeness (QED) is 0.876. The third-order valence-corrected chi connectivity index (χ3v) is 3.48. The maximum absolute atomic E-state index is 12.6. The van der Waals surface area contributed by atoms with Gasteiger partial charge in [-0.3, -0.25) is 9.59 Å². The number of aryl methyl sites for hydroxylation is 2. The Kier molecular flexibility index (Phi) is 4.09. The number of primary amides is 1. The first-order chi connectivity index (χ1) is 9.38. The van der Waals surface area contributed by atoms with E-state index >= 15 is 0 Å². The van der Waals surface area contributed by atoms with Gasteiger partial charge in [-0.05, 0) is 32.4 Å². The van der Waals surface area contributed by atoms with Crippen molar-refractivity contribution < 1.29 is 14.3 Å². The lowest BCUT2D eigenvalue weighted by atomic mass is 10.0. The molecule has 0 radical (unpaired) electrons. The summed E-state index contributed by atoms with van der Waals surface area (Å²) < 4.78 is 5.44. The number of morpholine rings is 1. The second-order valence-corrected chi connectivity index (χ2v) is 5.37. The van der Waals surface area contributed by atoms with Gasteiger partial charge in [0.25, 0.3) is 5.91 Å². The number of carbonyl (C=O) groups is 2. The Balaban J connectivity index is 2.21. The van der Waals surface area contributed by atoms with E-state index in [-0.39, 0.29) is 18.6 Å². The molecule has 0 aromatic heterocycles. The van der Waals surface area contributed by atoms with E-state index in [1.807, 2.05) is 39.0 Å². The van der Waals surface area contributed by atoms with E-state index in [1.165, 1.54) is 0 Å². The molecule has 5 nitrogen and oxygen atoms in total. The average molecular weight is 276 g/mol. The second-order valence-electron chi connectivity index (χ2n) is 5.37. The molecule has 1 saturated heterocycles. The molecular weight excluding hydrogens is 256 g/mol. The zero-order chi connectivity index (χ0) is 14.9. The van der Waals surface area contributed by atoms with Crippen LogP contribution in [0.25, 0.3) is 0 Å². The minimum Gasteiger partial charge on any atom is -0.367 e. The van der Waals surface area contributed by atoms with Gasteiger partial charge in [0.05, 0.1) is 12.6 Å². The van der Waals surface area contributed by atoms with Gasteiger partial charge in [0, 0.05) is 12.1 Å². The van der Waals surface area contributed by atoms with Crippen LogP contribution in [0, 0.1) is 13.8 Å². The largest absolute Gasteiger partial charge is 0.367 e. The summed E-state index contributed by atoms with van der Waals surface area (Å²) in [5.74, 6) is -0.612. The van der Waals surface area contributed by atoms with E-state index in [0.29, 0.717) is 12.1 Å². The molecule has 2 N–H and O–H groups in total. The molecule has 108 valence electrons. The number of rotatable bonds is 2. The molecule has 1 aliphatic rings. The van der Waals surface area contributed by atoms with Crippen molar-refractivity contribution in [2.75, 3.05) is 13.1 Å². The van der Waals surface area contributed by atoms with Crippen LogP contribution in [-0.2, 0) is 9.53 Å². The first kappa shape index (κ1) is 14.5. The summed E-state index contributed by atoms with van der Waals surface area (Å²) in [6.45, 7) is 6.41. The molecule has 1 aliphatic heterocycles. The Hall–Kier alpha value is -1.88. The van der Waals surface area contributed by atoms with E-state index in [0.717, 1.165) is 11.1 Å². The number of hydrogen-bond donors (Lipinski definition) is 1. The third kappa shape index (κ3) is 2.99. The zero-order valence-corrected chi connectivity index (χ0v) is 12.1. The molecule has 0 unspecified atom stereocenters. The van der Waals surface area contributed by atoms with Crippen molar-refractivity contribution in [2.45, 2.75) is 33.0 Å². The highest BCUT2D eigenvalue weighted by atomic mass is 16.5. The van der Waals surface area contributed by atoms with E-state index in [2.05, 4.69) is 0 Å². The molecule has 20 heavy (non-hydrogen) atoms. The smallest absolute Gasteiger partial charge is 0.254 e. The molecule has 2 amide bonds. The van der Waals surface area contributed by atoms with Crippen molar-refractivity contribution >= 4 is 11.8 Å². The highest BCUT2D eigenvalue weighted by Crippen LogP contribution is 2.17. The van der Waals surface area contributed by atoms with Gasteiger partial charge in [-0.15, -0.1) is 0 Å². The second kappa shape index (κ2) is 5.63. The van der Waals surface area contributed by atoms with Crippen LogP contribution in [0.1, 0.15) is 28.4 Å². The Morgan fingerprint density at radius 2 is 2.00 bits per heavy atom. The highest BCUT2D eigenvalue weighted by molar-refractivity contribution is 5.96. The zero-order valence-electron chi connectivity index (χ0n) is 12.1. The predicted molar refractivity (Wildman–Crippen MR) is 75.3 cm³/mol. The summed E-state index contributed by atoms with van der Waals surface area (Å²) in [4.78, 5) is 25.5. The fourth-order valence-electron chi connectivity index (χ4n) is 2.50. The molecule has 2 atom stereocenters. The lowest BCUT2D eigenvalue weighted by Gasteiger charge is -2.35. The summed E-state index contributed by atoms with van der Waals surface area (Å²) in [5, 5.41) is 0. The normalized spacial score (nSPS) is 22.6. The predicted octanol–water partition coefficient (Wildman–Crippen LogP) is 1.02. The van der Waals surface area contributed by atoms with Crippen LogP contribution in [0.15, 0.2) is 18.2 Å². The lowest BCUT2D eigenvalue weighted by molar-refractivity contribution is -0.140. The molecule has 1 aromatic carbocycles. The fraction of sp³-hybridized carbons (Fsp3) is 0.467. The monoisotopic (exact) mass is 276 g/mol. The van der Waals surface area contributed by atoms with Gasteiger partial charge in [-0.2, -0.15) is 0 Å². The van der Waals surface area contributed by atoms with Gasteiger partial charge in [0.1, 0.15) is 0 Å². The van der Waals surface area contributed by atoms with Gasteiger partial charge in [-0.1, -0.05) is 17.7 Å². The maximum Gasteiger partial charge on any atom is 0.254 e. The van der Waals surface area contributed by atoms with Crippen LogP contribution in [-0.4, -0.2) is 42.0 Å². The van der Waals surface area contributed by atoms with Crippen LogP contribution in [0.4, 0.5) is 0 Å². The van der Waals surface area contributed by atoms with E-state index in [1.54, 1.807) is 4.90 Å². The van der Waals surface area contributed by atoms with Gasteiger partial charge in [-0.25, -0.2) is 0 Å². The number of benzene rings is 1. The van der Waals surface area contributed by atoms with Crippen LogP contribution in [0.5, 0.6) is 0 Å². The summed E-state index contributed by atoms with van der Waals surface area (Å²) in [5.41, 5.74) is 7.99. The summed E-state index contributed by atoms with van der Waals surface area (Å²) in [6.07, 6.45) is -0.926. The molecule has 0 bridgehead atoms. The summed E-state index contributed by atoms with van der Waals surface area (Å²) in [7, 11) is 0. The summed E-state index contributed by atoms with van der Waals surface area (Å²) in [6, 6.07) is 5.71.